The molecule has 7 heteroatoms. The summed E-state index contributed by atoms with van der Waals surface area (Å²) in [6.45, 7) is 5.29. The predicted octanol–water partition coefficient (Wildman–Crippen LogP) is 3.88. The summed E-state index contributed by atoms with van der Waals surface area (Å²) >= 11 is 1.34. The fraction of sp³-hybridized carbons (Fsp3) is 0.333. The van der Waals surface area contributed by atoms with Crippen LogP contribution in [0.4, 0.5) is 5.00 Å². The van der Waals surface area contributed by atoms with Crippen LogP contribution in [-0.2, 0) is 9.53 Å². The number of carbonyl (C=O) groups is 2. The van der Waals surface area contributed by atoms with Gasteiger partial charge >= 0.3 is 5.97 Å². The summed E-state index contributed by atoms with van der Waals surface area (Å²) in [6, 6.07) is 5.42. The number of thiophene rings is 1. The van der Waals surface area contributed by atoms with E-state index in [1.54, 1.807) is 33.3 Å². The number of aryl methyl sites for hydroxylation is 1. The first-order chi connectivity index (χ1) is 11.9. The second-order valence-electron chi connectivity index (χ2n) is 5.21. The number of esters is 1. The van der Waals surface area contributed by atoms with Gasteiger partial charge in [0.1, 0.15) is 10.6 Å². The summed E-state index contributed by atoms with van der Waals surface area (Å²) in [5.41, 5.74) is 1.85. The van der Waals surface area contributed by atoms with E-state index in [0.29, 0.717) is 27.6 Å². The summed E-state index contributed by atoms with van der Waals surface area (Å²) in [6.07, 6.45) is 0. The van der Waals surface area contributed by atoms with E-state index in [2.05, 4.69) is 5.32 Å². The first kappa shape index (κ1) is 18.8. The lowest BCUT2D eigenvalue weighted by Gasteiger charge is -2.11. The molecule has 2 aromatic rings. The minimum atomic E-state index is -0.472. The Morgan fingerprint density at radius 1 is 1.16 bits per heavy atom. The quantitative estimate of drug-likeness (QED) is 0.789. The van der Waals surface area contributed by atoms with E-state index in [-0.39, 0.29) is 12.5 Å². The highest BCUT2D eigenvalue weighted by Crippen LogP contribution is 2.42. The molecule has 0 atom stereocenters. The topological polar surface area (TPSA) is 73.9 Å². The normalized spacial score (nSPS) is 10.3. The molecule has 0 saturated carbocycles. The third kappa shape index (κ3) is 3.93. The Morgan fingerprint density at radius 2 is 1.84 bits per heavy atom. The van der Waals surface area contributed by atoms with Gasteiger partial charge in [-0.3, -0.25) is 4.79 Å². The molecule has 1 N–H and O–H groups in total. The van der Waals surface area contributed by atoms with E-state index in [4.69, 9.17) is 14.2 Å². The molecule has 2 rings (SSSR count). The monoisotopic (exact) mass is 363 g/mol. The van der Waals surface area contributed by atoms with Crippen molar-refractivity contribution in [2.45, 2.75) is 20.8 Å². The van der Waals surface area contributed by atoms with Crippen molar-refractivity contribution >= 4 is 28.2 Å². The van der Waals surface area contributed by atoms with Gasteiger partial charge in [0.05, 0.1) is 20.8 Å². The van der Waals surface area contributed by atoms with Crippen molar-refractivity contribution in [2.24, 2.45) is 0 Å². The second kappa shape index (κ2) is 8.02. The van der Waals surface area contributed by atoms with Crippen molar-refractivity contribution < 1.29 is 23.8 Å². The minimum absolute atomic E-state index is 0.245. The van der Waals surface area contributed by atoms with Crippen molar-refractivity contribution in [3.63, 3.8) is 0 Å². The van der Waals surface area contributed by atoms with Crippen molar-refractivity contribution in [3.8, 4) is 22.6 Å². The van der Waals surface area contributed by atoms with Gasteiger partial charge in [-0.15, -0.1) is 11.3 Å². The molecule has 0 aliphatic carbocycles. The van der Waals surface area contributed by atoms with E-state index in [0.717, 1.165) is 10.4 Å². The van der Waals surface area contributed by atoms with Gasteiger partial charge in [0.2, 0.25) is 5.91 Å². The lowest BCUT2D eigenvalue weighted by Crippen LogP contribution is -2.11. The third-order valence-electron chi connectivity index (χ3n) is 3.53. The number of ether oxygens (including phenoxy) is 3. The maximum absolute atomic E-state index is 12.5. The maximum atomic E-state index is 12.5. The summed E-state index contributed by atoms with van der Waals surface area (Å²) in [4.78, 5) is 24.9. The number of hydrogen-bond acceptors (Lipinski definition) is 6. The molecular formula is C18H21NO5S. The van der Waals surface area contributed by atoms with Gasteiger partial charge in [-0.1, -0.05) is 6.07 Å². The summed E-state index contributed by atoms with van der Waals surface area (Å²) in [5.74, 6) is 0.437. The smallest absolute Gasteiger partial charge is 0.341 e. The van der Waals surface area contributed by atoms with E-state index in [9.17, 15) is 9.59 Å². The van der Waals surface area contributed by atoms with Gasteiger partial charge in [-0.05, 0) is 31.5 Å². The zero-order chi connectivity index (χ0) is 18.6. The average Bonchev–Trinajstić information content (AvgIpc) is 2.89. The highest BCUT2D eigenvalue weighted by atomic mass is 32.1. The van der Waals surface area contributed by atoms with Crippen molar-refractivity contribution in [1.29, 1.82) is 0 Å². The molecule has 134 valence electrons. The summed E-state index contributed by atoms with van der Waals surface area (Å²) in [7, 11) is 3.11. The molecule has 0 unspecified atom stereocenters. The molecule has 0 fully saturated rings. The number of rotatable bonds is 6. The van der Waals surface area contributed by atoms with Crippen LogP contribution >= 0.6 is 11.3 Å². The number of methoxy groups -OCH3 is 2. The van der Waals surface area contributed by atoms with Crippen LogP contribution in [0.1, 0.15) is 29.1 Å². The Morgan fingerprint density at radius 3 is 2.40 bits per heavy atom. The van der Waals surface area contributed by atoms with Crippen molar-refractivity contribution in [3.05, 3.63) is 28.6 Å². The van der Waals surface area contributed by atoms with Crippen LogP contribution in [0.2, 0.25) is 0 Å². The number of benzene rings is 1. The number of carbonyl (C=O) groups excluding carboxylic acids is 2. The lowest BCUT2D eigenvalue weighted by molar-refractivity contribution is -0.114. The molecule has 6 nitrogen and oxygen atoms in total. The van der Waals surface area contributed by atoms with Gasteiger partial charge in [0, 0.05) is 17.4 Å². The van der Waals surface area contributed by atoms with E-state index in [1.807, 2.05) is 13.0 Å². The third-order valence-corrected chi connectivity index (χ3v) is 4.55. The van der Waals surface area contributed by atoms with Crippen molar-refractivity contribution in [1.82, 2.24) is 0 Å². The molecule has 1 aromatic carbocycles. The van der Waals surface area contributed by atoms with Crippen LogP contribution in [0.25, 0.3) is 11.1 Å². The molecule has 0 bridgehead atoms. The number of anilines is 1. The molecule has 0 aliphatic heterocycles. The zero-order valence-corrected chi connectivity index (χ0v) is 15.7. The highest BCUT2D eigenvalue weighted by Gasteiger charge is 2.25. The van der Waals surface area contributed by atoms with Crippen LogP contribution in [0.5, 0.6) is 11.5 Å². The van der Waals surface area contributed by atoms with E-state index >= 15 is 0 Å². The summed E-state index contributed by atoms with van der Waals surface area (Å²) < 4.78 is 15.8. The summed E-state index contributed by atoms with van der Waals surface area (Å²) in [5, 5.41) is 3.20. The lowest BCUT2D eigenvalue weighted by atomic mass is 10.0. The highest BCUT2D eigenvalue weighted by molar-refractivity contribution is 7.17. The molecule has 1 aromatic heterocycles. The van der Waals surface area contributed by atoms with Crippen LogP contribution in [-0.4, -0.2) is 32.7 Å². The van der Waals surface area contributed by atoms with Gasteiger partial charge in [-0.25, -0.2) is 4.79 Å². The molecular weight excluding hydrogens is 342 g/mol. The second-order valence-corrected chi connectivity index (χ2v) is 6.43. The number of hydrogen-bond donors (Lipinski definition) is 1. The molecule has 0 saturated heterocycles. The van der Waals surface area contributed by atoms with Gasteiger partial charge in [-0.2, -0.15) is 0 Å². The number of amides is 1. The zero-order valence-electron chi connectivity index (χ0n) is 14.9. The molecule has 25 heavy (non-hydrogen) atoms. The Kier molecular flexibility index (Phi) is 6.03. The average molecular weight is 363 g/mol. The fourth-order valence-corrected chi connectivity index (χ4v) is 3.64. The van der Waals surface area contributed by atoms with Crippen LogP contribution in [0.15, 0.2) is 18.2 Å². The Hall–Kier alpha value is -2.54. The Bertz CT molecular complexity index is 797. The minimum Gasteiger partial charge on any atom is -0.493 e. The van der Waals surface area contributed by atoms with Gasteiger partial charge in [0.25, 0.3) is 0 Å². The largest absolute Gasteiger partial charge is 0.493 e. The molecule has 0 aliphatic rings. The standard InChI is InChI=1S/C18H21NO5S/c1-6-24-18(21)16-15(10(2)25-17(16)19-11(3)20)12-7-8-13(22-4)14(9-12)23-5/h7-9H,6H2,1-5H3,(H,19,20). The van der Waals surface area contributed by atoms with E-state index < -0.39 is 5.97 Å². The van der Waals surface area contributed by atoms with Crippen LogP contribution in [0.3, 0.4) is 0 Å². The predicted molar refractivity (Wildman–Crippen MR) is 97.9 cm³/mol. The first-order valence-corrected chi connectivity index (χ1v) is 8.55. The fourth-order valence-electron chi connectivity index (χ4n) is 2.53. The van der Waals surface area contributed by atoms with Gasteiger partial charge in [0.15, 0.2) is 11.5 Å². The van der Waals surface area contributed by atoms with Crippen LogP contribution < -0.4 is 14.8 Å². The Labute approximate surface area is 150 Å². The molecule has 1 heterocycles. The van der Waals surface area contributed by atoms with Crippen LogP contribution in [0, 0.1) is 6.92 Å². The SMILES string of the molecule is CCOC(=O)c1c(NC(C)=O)sc(C)c1-c1ccc(OC)c(OC)c1. The van der Waals surface area contributed by atoms with E-state index in [1.165, 1.54) is 18.3 Å². The Balaban J connectivity index is 2.65. The number of nitrogens with one attached hydrogen (secondary N) is 1. The molecule has 0 spiro atoms. The maximum Gasteiger partial charge on any atom is 0.341 e. The van der Waals surface area contributed by atoms with Gasteiger partial charge < -0.3 is 19.5 Å². The molecule has 0 radical (unpaired) electrons. The first-order valence-electron chi connectivity index (χ1n) is 7.73. The molecule has 1 amide bonds. The van der Waals surface area contributed by atoms with Crippen molar-refractivity contribution in [2.75, 3.05) is 26.1 Å².